The van der Waals surface area contributed by atoms with Gasteiger partial charge in [0.1, 0.15) is 84.6 Å². The van der Waals surface area contributed by atoms with Crippen molar-refractivity contribution in [2.24, 2.45) is 40.4 Å². The molecule has 11 N–H and O–H groups in total. The predicted octanol–water partition coefficient (Wildman–Crippen LogP) is -0.319. The number of aliphatic hydroxyl groups excluding tert-OH is 10. The Hall–Kier alpha value is -3.59. The third-order valence-electron chi connectivity index (χ3n) is 20.3. The van der Waals surface area contributed by atoms with E-state index in [1.165, 1.54) is 32.4 Å². The van der Waals surface area contributed by atoms with Crippen LogP contribution in [0.2, 0.25) is 0 Å². The summed E-state index contributed by atoms with van der Waals surface area (Å²) in [5.74, 6) is -2.35. The highest BCUT2D eigenvalue weighted by Gasteiger charge is 2.71. The number of ketones is 1. The summed E-state index contributed by atoms with van der Waals surface area (Å²) in [4.78, 5) is 41.2. The molecule has 0 amide bonds. The molecule has 8 aliphatic rings. The van der Waals surface area contributed by atoms with Gasteiger partial charge in [0.15, 0.2) is 48.9 Å². The van der Waals surface area contributed by atoms with Gasteiger partial charge in [0, 0.05) is 24.7 Å². The number of hydrogen-bond acceptors (Lipinski definition) is 26. The van der Waals surface area contributed by atoms with Gasteiger partial charge in [-0.1, -0.05) is 46.3 Å². The number of allylic oxidation sites excluding steroid dienone is 1. The Morgan fingerprint density at radius 1 is 0.698 bits per heavy atom. The summed E-state index contributed by atoms with van der Waals surface area (Å²) >= 11 is 0. The van der Waals surface area contributed by atoms with Gasteiger partial charge in [-0.15, -0.1) is 0 Å². The third kappa shape index (κ3) is 12.8. The number of aliphatic hydroxyl groups is 11. The highest BCUT2D eigenvalue weighted by molar-refractivity contribution is 5.90. The van der Waals surface area contributed by atoms with Gasteiger partial charge in [0.05, 0.1) is 58.4 Å². The van der Waals surface area contributed by atoms with Crippen molar-refractivity contribution in [2.45, 2.75) is 228 Å². The summed E-state index contributed by atoms with van der Waals surface area (Å²) in [6.45, 7) is 9.00. The molecule has 26 heteroatoms. The number of Topliss-reactive ketones (excluding diaryl/α,β-unsaturated/α-hetero) is 1. The molecule has 1 aromatic carbocycles. The van der Waals surface area contributed by atoms with E-state index in [1.807, 2.05) is 20.8 Å². The molecule has 9 rings (SSSR count). The lowest BCUT2D eigenvalue weighted by Gasteiger charge is -2.59. The van der Waals surface area contributed by atoms with Crippen molar-refractivity contribution in [3.8, 4) is 11.5 Å². The monoisotopic (exact) mass is 1230 g/mol. The van der Waals surface area contributed by atoms with Crippen molar-refractivity contribution in [3.05, 3.63) is 35.4 Å². The molecule has 26 nitrogen and oxygen atoms in total. The number of fused-ring (bicyclic) bond motifs is 5. The molecule has 3 saturated carbocycles. The van der Waals surface area contributed by atoms with Crippen LogP contribution in [0, 0.1) is 40.4 Å². The Kier molecular flexibility index (Phi) is 21.0. The maximum Gasteiger partial charge on any atom is 0.338 e. The van der Waals surface area contributed by atoms with Crippen LogP contribution >= 0.6 is 0 Å². The Bertz CT molecular complexity index is 2530. The van der Waals surface area contributed by atoms with Crippen LogP contribution in [-0.4, -0.2) is 243 Å². The lowest BCUT2D eigenvalue weighted by molar-refractivity contribution is -0.345. The summed E-state index contributed by atoms with van der Waals surface area (Å²) in [6, 6.07) is 4.23. The van der Waals surface area contributed by atoms with E-state index in [2.05, 4.69) is 13.0 Å². The van der Waals surface area contributed by atoms with Crippen LogP contribution in [0.25, 0.3) is 0 Å². The topological polar surface area (TPSA) is 385 Å². The molecule has 0 aromatic heterocycles. The molecule has 1 aromatic rings. The van der Waals surface area contributed by atoms with Crippen LogP contribution in [0.5, 0.6) is 11.5 Å². The van der Waals surface area contributed by atoms with Gasteiger partial charge in [-0.25, -0.2) is 4.79 Å². The molecular formula is C60H90O26. The zero-order valence-corrected chi connectivity index (χ0v) is 50.0. The zero-order valence-electron chi connectivity index (χ0n) is 50.0. The summed E-state index contributed by atoms with van der Waals surface area (Å²) in [7, 11) is 2.80. The lowest BCUT2D eigenvalue weighted by Crippen LogP contribution is -2.64. The number of methoxy groups -OCH3 is 2. The third-order valence-corrected chi connectivity index (χ3v) is 20.3. The molecule has 0 bridgehead atoms. The van der Waals surface area contributed by atoms with E-state index in [-0.39, 0.29) is 59.0 Å². The molecule has 7 fully saturated rings. The Morgan fingerprint density at radius 2 is 1.35 bits per heavy atom. The maximum atomic E-state index is 14.5. The minimum atomic E-state index is -1.82. The molecule has 4 aliphatic heterocycles. The molecule has 4 aliphatic carbocycles. The Labute approximate surface area is 499 Å². The fourth-order valence-corrected chi connectivity index (χ4v) is 15.2. The normalized spacial score (nSPS) is 44.5. The lowest BCUT2D eigenvalue weighted by atomic mass is 9.46. The minimum absolute atomic E-state index is 0.0132. The molecule has 0 radical (unpaired) electrons. The van der Waals surface area contributed by atoms with E-state index in [9.17, 15) is 70.6 Å². The van der Waals surface area contributed by atoms with E-state index in [0.29, 0.717) is 50.7 Å². The average Bonchev–Trinajstić information content (AvgIpc) is 1.48. The van der Waals surface area contributed by atoms with Crippen molar-refractivity contribution in [2.75, 3.05) is 40.6 Å². The molecular weight excluding hydrogens is 1140 g/mol. The van der Waals surface area contributed by atoms with Crippen LogP contribution in [0.4, 0.5) is 0 Å². The average molecular weight is 1230 g/mol. The van der Waals surface area contributed by atoms with Crippen molar-refractivity contribution >= 4 is 17.7 Å². The van der Waals surface area contributed by atoms with Crippen molar-refractivity contribution in [3.63, 3.8) is 0 Å². The van der Waals surface area contributed by atoms with Gasteiger partial charge in [0.25, 0.3) is 0 Å². The van der Waals surface area contributed by atoms with Crippen LogP contribution in [0.3, 0.4) is 0 Å². The van der Waals surface area contributed by atoms with E-state index >= 15 is 0 Å². The largest absolute Gasteiger partial charge is 0.493 e. The number of carbonyl (C=O) groups excluding carboxylic acids is 3. The standard InChI is InChI=1S/C60H90O26/c1-26(2)9-13-35(63)27(3)60(74)42(84-57-52(80-28(4)62)50(37(65)24-78-57)86-56-51(43(66)36(64)23-77-56)85-53(73)29-10-14-38(75-7)39(19-29)76-8)21-34-32-12-11-30-20-31(15-17-58(30,5)33(32)16-18-59(34,60)6)81-55-49(72)47(70)45(68)41(83-55)25-79-54-48(71)46(69)44(67)40(22-61)82-54/h10-11,14,19,26-27,31-34,36-37,40-52,54-57,61,64-72,74H,9,12-13,15-18,20-25H2,1-8H3/t27-,31-,32+,33-,34-,36+,37-,40+,41+,42-,43-,44+,45+,46-,47-,48+,49+,50-,51+,52+,54+,55+,56-,57-,58-,59-,60+/m0/s1. The summed E-state index contributed by atoms with van der Waals surface area (Å²) in [5, 5.41) is 121. The van der Waals surface area contributed by atoms with Crippen LogP contribution in [0.1, 0.15) is 110 Å². The second-order valence-corrected chi connectivity index (χ2v) is 25.7. The van der Waals surface area contributed by atoms with E-state index < -0.39 is 178 Å². The fourth-order valence-electron chi connectivity index (χ4n) is 15.2. The van der Waals surface area contributed by atoms with Crippen LogP contribution < -0.4 is 9.47 Å². The molecule has 27 atom stereocenters. The van der Waals surface area contributed by atoms with Gasteiger partial charge >= 0.3 is 11.9 Å². The van der Waals surface area contributed by atoms with E-state index in [4.69, 9.17) is 56.8 Å². The summed E-state index contributed by atoms with van der Waals surface area (Å²) in [5.41, 5.74) is -2.00. The summed E-state index contributed by atoms with van der Waals surface area (Å²) in [6.07, 6.45) is -23.5. The van der Waals surface area contributed by atoms with Crippen molar-refractivity contribution in [1.29, 1.82) is 0 Å². The first kappa shape index (κ1) is 66.8. The van der Waals surface area contributed by atoms with Gasteiger partial charge in [-0.3, -0.25) is 9.59 Å². The maximum absolute atomic E-state index is 14.5. The molecule has 4 heterocycles. The zero-order chi connectivity index (χ0) is 62.5. The molecule has 4 saturated heterocycles. The van der Waals surface area contributed by atoms with Crippen molar-refractivity contribution < 1.29 is 127 Å². The number of esters is 2. The van der Waals surface area contributed by atoms with Crippen LogP contribution in [0.15, 0.2) is 29.8 Å². The first-order valence-corrected chi connectivity index (χ1v) is 30.1. The Morgan fingerprint density at radius 3 is 2.01 bits per heavy atom. The van der Waals surface area contributed by atoms with Crippen LogP contribution in [-0.2, 0) is 57.0 Å². The highest BCUT2D eigenvalue weighted by Crippen LogP contribution is 2.69. The number of carbonyl (C=O) groups is 3. The fraction of sp³-hybridized carbons (Fsp3) is 0.817. The number of rotatable bonds is 20. The first-order valence-electron chi connectivity index (χ1n) is 30.1. The second kappa shape index (κ2) is 27.1. The van der Waals surface area contributed by atoms with Gasteiger partial charge < -0.3 is 113 Å². The molecule has 86 heavy (non-hydrogen) atoms. The van der Waals surface area contributed by atoms with E-state index in [1.54, 1.807) is 6.92 Å². The number of ether oxygens (including phenoxy) is 12. The molecule has 0 spiro atoms. The quantitative estimate of drug-likeness (QED) is 0.0589. The second-order valence-electron chi connectivity index (χ2n) is 25.7. The summed E-state index contributed by atoms with van der Waals surface area (Å²) < 4.78 is 71.0. The Balaban J connectivity index is 0.932. The molecule has 0 unspecified atom stereocenters. The SMILES string of the molecule is COc1ccc(C(=O)O[C@H]2[C@H](O[C@@H]3[C@@H](OC(C)=O)[C@H](O[C@H]4C[C@H]5[C@@H]6CC=C7C[C@@H](O[C@@H]8O[C@H](CO[C@@H]9O[C@H](CO)[C@@H](O)[C@H](O)[C@H]9O)[C@@H](O)[C@H](O)[C@H]8O)CC[C@]7(C)[C@H]6CC[C@]5(C)[C@@]4(O)[C@@H](C)C(=O)CCC(C)C)OC[C@@H]3O)OC[C@@H](O)[C@@H]2O)cc1OC. The van der Waals surface area contributed by atoms with Crippen molar-refractivity contribution in [1.82, 2.24) is 0 Å². The van der Waals surface area contributed by atoms with Gasteiger partial charge in [-0.05, 0) is 98.7 Å². The van der Waals surface area contributed by atoms with Gasteiger partial charge in [0.2, 0.25) is 0 Å². The predicted molar refractivity (Wildman–Crippen MR) is 293 cm³/mol. The number of benzene rings is 1. The smallest absolute Gasteiger partial charge is 0.338 e. The van der Waals surface area contributed by atoms with E-state index in [0.717, 1.165) is 12.5 Å². The highest BCUT2D eigenvalue weighted by atomic mass is 16.8. The molecule has 486 valence electrons. The number of hydrogen-bond donors (Lipinski definition) is 11. The van der Waals surface area contributed by atoms with Gasteiger partial charge in [-0.2, -0.15) is 0 Å². The minimum Gasteiger partial charge on any atom is -0.493 e. The first-order chi connectivity index (χ1) is 40.7.